The van der Waals surface area contributed by atoms with E-state index in [0.717, 1.165) is 11.2 Å². The Hall–Kier alpha value is -2.13. The number of rotatable bonds is 7. The molecule has 1 aromatic rings. The monoisotopic (exact) mass is 314 g/mol. The molecule has 1 aromatic carbocycles. The van der Waals surface area contributed by atoms with Crippen molar-refractivity contribution in [3.8, 4) is 0 Å². The molecule has 0 saturated carbocycles. The van der Waals surface area contributed by atoms with E-state index < -0.39 is 16.1 Å². The molecule has 3 amide bonds. The second kappa shape index (κ2) is 7.60. The number of benzene rings is 1. The molecule has 116 valence electrons. The van der Waals surface area contributed by atoms with Crippen molar-refractivity contribution < 1.29 is 18.0 Å². The number of carbonyl (C=O) groups excluding carboxylic acids is 2. The van der Waals surface area contributed by atoms with E-state index in [0.29, 0.717) is 30.8 Å². The third-order valence-electron chi connectivity index (χ3n) is 2.43. The van der Waals surface area contributed by atoms with Gasteiger partial charge in [-0.05, 0) is 37.2 Å². The Balaban J connectivity index is 2.66. The van der Waals surface area contributed by atoms with Gasteiger partial charge in [0.05, 0.1) is 6.26 Å². The fourth-order valence-electron chi connectivity index (χ4n) is 1.49. The van der Waals surface area contributed by atoms with Crippen LogP contribution >= 0.6 is 0 Å². The van der Waals surface area contributed by atoms with E-state index in [4.69, 9.17) is 5.73 Å². The maximum Gasteiger partial charge on any atom is 0.328 e. The highest BCUT2D eigenvalue weighted by Gasteiger charge is 2.12. The summed E-state index contributed by atoms with van der Waals surface area (Å²) in [6.07, 6.45) is 2.00. The largest absolute Gasteiger partial charge is 0.330 e. The van der Waals surface area contributed by atoms with E-state index in [-0.39, 0.29) is 6.54 Å². The van der Waals surface area contributed by atoms with Gasteiger partial charge in [-0.2, -0.15) is 0 Å². The van der Waals surface area contributed by atoms with E-state index in [2.05, 4.69) is 10.0 Å². The van der Waals surface area contributed by atoms with Crippen LogP contribution < -0.4 is 15.8 Å². The molecular formula is C12H18N4O4S. The van der Waals surface area contributed by atoms with Crippen LogP contribution in [-0.4, -0.2) is 45.1 Å². The number of amides is 3. The number of hydrogen-bond donors (Lipinski definition) is 3. The quantitative estimate of drug-likeness (QED) is 0.629. The smallest absolute Gasteiger partial charge is 0.328 e. The molecule has 0 aliphatic heterocycles. The van der Waals surface area contributed by atoms with Crippen molar-refractivity contribution in [1.29, 1.82) is 0 Å². The second-order valence-corrected chi connectivity index (χ2v) is 6.07. The van der Waals surface area contributed by atoms with Gasteiger partial charge in [-0.3, -0.25) is 14.4 Å². The molecule has 9 heteroatoms. The highest BCUT2D eigenvalue weighted by molar-refractivity contribution is 7.92. The summed E-state index contributed by atoms with van der Waals surface area (Å²) in [5.74, 6) is 0. The van der Waals surface area contributed by atoms with E-state index in [1.807, 2.05) is 0 Å². The lowest BCUT2D eigenvalue weighted by Crippen LogP contribution is -2.35. The van der Waals surface area contributed by atoms with E-state index in [1.54, 1.807) is 0 Å². The summed E-state index contributed by atoms with van der Waals surface area (Å²) < 4.78 is 24.4. The third kappa shape index (κ3) is 6.23. The first kappa shape index (κ1) is 16.9. The van der Waals surface area contributed by atoms with Crippen LogP contribution in [0, 0.1) is 0 Å². The molecule has 0 bridgehead atoms. The number of hydrogen-bond acceptors (Lipinski definition) is 5. The summed E-state index contributed by atoms with van der Waals surface area (Å²) in [4.78, 5) is 23.6. The molecule has 1 rings (SSSR count). The number of urea groups is 1. The maximum absolute atomic E-state index is 11.8. The summed E-state index contributed by atoms with van der Waals surface area (Å²) >= 11 is 0. The molecule has 0 radical (unpaired) electrons. The third-order valence-corrected chi connectivity index (χ3v) is 3.04. The molecule has 0 atom stereocenters. The van der Waals surface area contributed by atoms with Crippen molar-refractivity contribution in [2.24, 2.45) is 5.73 Å². The number of carbonyl (C=O) groups is 2. The zero-order valence-corrected chi connectivity index (χ0v) is 12.4. The molecule has 0 fully saturated rings. The van der Waals surface area contributed by atoms with Crippen LogP contribution in [0.1, 0.15) is 6.42 Å². The Bertz CT molecular complexity index is 586. The Morgan fingerprint density at radius 3 is 2.33 bits per heavy atom. The highest BCUT2D eigenvalue weighted by atomic mass is 32.2. The van der Waals surface area contributed by atoms with Crippen molar-refractivity contribution in [2.45, 2.75) is 6.42 Å². The van der Waals surface area contributed by atoms with Gasteiger partial charge in [-0.1, -0.05) is 0 Å². The van der Waals surface area contributed by atoms with E-state index in [9.17, 15) is 18.0 Å². The first-order valence-electron chi connectivity index (χ1n) is 6.16. The molecule has 0 unspecified atom stereocenters. The number of sulfonamides is 1. The Morgan fingerprint density at radius 1 is 1.29 bits per heavy atom. The van der Waals surface area contributed by atoms with Crippen LogP contribution in [0.5, 0.6) is 0 Å². The summed E-state index contributed by atoms with van der Waals surface area (Å²) in [7, 11) is -3.34. The molecule has 8 nitrogen and oxygen atoms in total. The normalized spacial score (nSPS) is 10.8. The SMILES string of the molecule is CS(=O)(=O)Nc1ccc(NC(=O)N(C=O)CCCN)cc1. The average Bonchev–Trinajstić information content (AvgIpc) is 2.40. The Labute approximate surface area is 123 Å². The topological polar surface area (TPSA) is 122 Å². The van der Waals surface area contributed by atoms with Gasteiger partial charge in [0.2, 0.25) is 16.4 Å². The Kier molecular flexibility index (Phi) is 6.12. The first-order valence-corrected chi connectivity index (χ1v) is 8.05. The van der Waals surface area contributed by atoms with Crippen LogP contribution in [-0.2, 0) is 14.8 Å². The summed E-state index contributed by atoms with van der Waals surface area (Å²) in [6, 6.07) is 5.49. The zero-order valence-electron chi connectivity index (χ0n) is 11.6. The lowest BCUT2D eigenvalue weighted by Gasteiger charge is -2.16. The zero-order chi connectivity index (χ0) is 15.9. The van der Waals surface area contributed by atoms with Crippen LogP contribution in [0.4, 0.5) is 16.2 Å². The molecule has 21 heavy (non-hydrogen) atoms. The van der Waals surface area contributed by atoms with Gasteiger partial charge in [-0.15, -0.1) is 0 Å². The van der Waals surface area contributed by atoms with E-state index in [1.165, 1.54) is 24.3 Å². The molecule has 0 aliphatic rings. The highest BCUT2D eigenvalue weighted by Crippen LogP contribution is 2.14. The number of nitrogens with two attached hydrogens (primary N) is 1. The van der Waals surface area contributed by atoms with Gasteiger partial charge in [0.1, 0.15) is 0 Å². The van der Waals surface area contributed by atoms with Gasteiger partial charge in [0, 0.05) is 17.9 Å². The number of nitrogens with one attached hydrogen (secondary N) is 2. The predicted molar refractivity (Wildman–Crippen MR) is 80.4 cm³/mol. The van der Waals surface area contributed by atoms with Crippen LogP contribution in [0.15, 0.2) is 24.3 Å². The minimum absolute atomic E-state index is 0.236. The number of anilines is 2. The minimum Gasteiger partial charge on any atom is -0.330 e. The minimum atomic E-state index is -3.34. The van der Waals surface area contributed by atoms with E-state index >= 15 is 0 Å². The van der Waals surface area contributed by atoms with Crippen molar-refractivity contribution in [3.05, 3.63) is 24.3 Å². The van der Waals surface area contributed by atoms with Gasteiger partial charge in [-0.25, -0.2) is 13.2 Å². The molecular weight excluding hydrogens is 296 g/mol. The number of nitrogens with zero attached hydrogens (tertiary/aromatic N) is 1. The summed E-state index contributed by atoms with van der Waals surface area (Å²) in [6.45, 7) is 0.614. The lowest BCUT2D eigenvalue weighted by molar-refractivity contribution is -0.115. The summed E-state index contributed by atoms with van der Waals surface area (Å²) in [5, 5.41) is 2.53. The molecule has 4 N–H and O–H groups in total. The van der Waals surface area contributed by atoms with Crippen LogP contribution in [0.3, 0.4) is 0 Å². The van der Waals surface area contributed by atoms with Crippen molar-refractivity contribution in [3.63, 3.8) is 0 Å². The lowest BCUT2D eigenvalue weighted by atomic mass is 10.3. The van der Waals surface area contributed by atoms with Gasteiger partial charge < -0.3 is 11.1 Å². The maximum atomic E-state index is 11.8. The number of imide groups is 1. The Morgan fingerprint density at radius 2 is 1.86 bits per heavy atom. The van der Waals surface area contributed by atoms with Crippen molar-refractivity contribution in [2.75, 3.05) is 29.4 Å². The molecule has 0 spiro atoms. The van der Waals surface area contributed by atoms with Crippen LogP contribution in [0.25, 0.3) is 0 Å². The van der Waals surface area contributed by atoms with Gasteiger partial charge in [0.15, 0.2) is 0 Å². The van der Waals surface area contributed by atoms with Gasteiger partial charge in [0.25, 0.3) is 0 Å². The van der Waals surface area contributed by atoms with Crippen molar-refractivity contribution in [1.82, 2.24) is 4.90 Å². The average molecular weight is 314 g/mol. The standard InChI is InChI=1S/C12H18N4O4S/c1-21(19,20)15-11-5-3-10(4-6-11)14-12(18)16(9-17)8-2-7-13/h3-6,9,15H,2,7-8,13H2,1H3,(H,14,18). The molecule has 0 heterocycles. The predicted octanol–water partition coefficient (Wildman–Crippen LogP) is 0.397. The second-order valence-electron chi connectivity index (χ2n) is 4.32. The fraction of sp³-hybridized carbons (Fsp3) is 0.333. The van der Waals surface area contributed by atoms with Crippen molar-refractivity contribution >= 4 is 33.8 Å². The van der Waals surface area contributed by atoms with Crippen LogP contribution in [0.2, 0.25) is 0 Å². The fourth-order valence-corrected chi connectivity index (χ4v) is 2.06. The summed E-state index contributed by atoms with van der Waals surface area (Å²) in [5.41, 5.74) is 6.14. The van der Waals surface area contributed by atoms with Gasteiger partial charge >= 0.3 is 6.03 Å². The molecule has 0 aromatic heterocycles. The molecule has 0 saturated heterocycles. The molecule has 0 aliphatic carbocycles. The first-order chi connectivity index (χ1) is 9.85.